The van der Waals surface area contributed by atoms with Crippen LogP contribution in [0.3, 0.4) is 0 Å². The minimum atomic E-state index is -0.590. The molecule has 160 valence electrons. The Kier molecular flexibility index (Phi) is 8.49. The van der Waals surface area contributed by atoms with E-state index in [1.165, 1.54) is 0 Å². The van der Waals surface area contributed by atoms with Crippen LogP contribution < -0.4 is 10.6 Å². The standard InChI is InChI=1S/C21H30BrN3O4/c1-21(2,3)29-20(28)24-14-19(27)25-9-7-15(8-10-25)13-23-18(26)12-16-5-4-6-17(22)11-16/h4-6,11,15H,7-10,12-14H2,1-3H3,(H,23,26)(H,24,28). The van der Waals surface area contributed by atoms with Gasteiger partial charge in [-0.2, -0.15) is 0 Å². The van der Waals surface area contributed by atoms with Crippen molar-refractivity contribution < 1.29 is 19.1 Å². The molecule has 0 bridgehead atoms. The van der Waals surface area contributed by atoms with Crippen LogP contribution in [0.25, 0.3) is 0 Å². The van der Waals surface area contributed by atoms with E-state index in [0.29, 0.717) is 32.0 Å². The third-order valence-corrected chi connectivity index (χ3v) is 5.08. The van der Waals surface area contributed by atoms with E-state index in [4.69, 9.17) is 4.74 Å². The fourth-order valence-corrected chi connectivity index (χ4v) is 3.56. The molecule has 0 unspecified atom stereocenters. The van der Waals surface area contributed by atoms with Gasteiger partial charge in [-0.05, 0) is 57.2 Å². The zero-order valence-corrected chi connectivity index (χ0v) is 18.9. The summed E-state index contributed by atoms with van der Waals surface area (Å²) in [5, 5.41) is 5.50. The molecule has 0 spiro atoms. The minimum Gasteiger partial charge on any atom is -0.444 e. The summed E-state index contributed by atoms with van der Waals surface area (Å²) in [5.41, 5.74) is 0.377. The van der Waals surface area contributed by atoms with Crippen molar-refractivity contribution in [3.05, 3.63) is 34.3 Å². The molecule has 0 saturated carbocycles. The summed E-state index contributed by atoms with van der Waals surface area (Å²) in [4.78, 5) is 37.8. The third kappa shape index (κ3) is 8.85. The molecule has 0 aliphatic carbocycles. The van der Waals surface area contributed by atoms with Crippen molar-refractivity contribution in [1.82, 2.24) is 15.5 Å². The maximum Gasteiger partial charge on any atom is 0.408 e. The van der Waals surface area contributed by atoms with Gasteiger partial charge in [0.1, 0.15) is 12.1 Å². The first-order chi connectivity index (χ1) is 13.6. The molecular formula is C21H30BrN3O4. The van der Waals surface area contributed by atoms with Gasteiger partial charge >= 0.3 is 6.09 Å². The number of hydrogen-bond acceptors (Lipinski definition) is 4. The predicted octanol–water partition coefficient (Wildman–Crippen LogP) is 2.87. The van der Waals surface area contributed by atoms with Gasteiger partial charge in [0.2, 0.25) is 11.8 Å². The Morgan fingerprint density at radius 2 is 1.86 bits per heavy atom. The molecule has 2 N–H and O–H groups in total. The molecule has 1 heterocycles. The van der Waals surface area contributed by atoms with Crippen molar-refractivity contribution in [1.29, 1.82) is 0 Å². The van der Waals surface area contributed by atoms with Crippen LogP contribution in [0.15, 0.2) is 28.7 Å². The van der Waals surface area contributed by atoms with E-state index in [2.05, 4.69) is 26.6 Å². The van der Waals surface area contributed by atoms with Gasteiger partial charge in [0.15, 0.2) is 0 Å². The van der Waals surface area contributed by atoms with E-state index in [-0.39, 0.29) is 18.4 Å². The molecule has 2 rings (SSSR count). The highest BCUT2D eigenvalue weighted by molar-refractivity contribution is 9.10. The Labute approximate surface area is 180 Å². The number of alkyl carbamates (subject to hydrolysis) is 1. The lowest BCUT2D eigenvalue weighted by atomic mass is 9.96. The van der Waals surface area contributed by atoms with E-state index in [9.17, 15) is 14.4 Å². The van der Waals surface area contributed by atoms with Crippen molar-refractivity contribution in [3.8, 4) is 0 Å². The molecule has 1 aromatic rings. The van der Waals surface area contributed by atoms with Gasteiger partial charge in [-0.1, -0.05) is 28.1 Å². The Hall–Kier alpha value is -2.09. The first kappa shape index (κ1) is 23.2. The molecule has 0 atom stereocenters. The number of ether oxygens (including phenoxy) is 1. The van der Waals surface area contributed by atoms with Crippen molar-refractivity contribution >= 4 is 33.8 Å². The molecule has 1 aromatic carbocycles. The number of nitrogens with one attached hydrogen (secondary N) is 2. The van der Waals surface area contributed by atoms with Crippen LogP contribution in [0.5, 0.6) is 0 Å². The number of amides is 3. The lowest BCUT2D eigenvalue weighted by Gasteiger charge is -2.32. The van der Waals surface area contributed by atoms with Crippen LogP contribution in [0.4, 0.5) is 4.79 Å². The van der Waals surface area contributed by atoms with Crippen molar-refractivity contribution in [2.75, 3.05) is 26.2 Å². The summed E-state index contributed by atoms with van der Waals surface area (Å²) < 4.78 is 6.09. The second-order valence-corrected chi connectivity index (χ2v) is 9.21. The summed E-state index contributed by atoms with van der Waals surface area (Å²) in [5.74, 6) is 0.237. The number of rotatable bonds is 6. The van der Waals surface area contributed by atoms with Crippen molar-refractivity contribution in [2.24, 2.45) is 5.92 Å². The van der Waals surface area contributed by atoms with Gasteiger partial charge in [-0.3, -0.25) is 9.59 Å². The monoisotopic (exact) mass is 467 g/mol. The number of halogens is 1. The molecule has 1 fully saturated rings. The number of nitrogens with zero attached hydrogens (tertiary/aromatic N) is 1. The first-order valence-electron chi connectivity index (χ1n) is 9.88. The van der Waals surface area contributed by atoms with E-state index < -0.39 is 11.7 Å². The molecule has 3 amide bonds. The molecular weight excluding hydrogens is 438 g/mol. The summed E-state index contributed by atoms with van der Waals surface area (Å²) in [6.07, 6.45) is 1.42. The van der Waals surface area contributed by atoms with E-state index in [1.807, 2.05) is 24.3 Å². The topological polar surface area (TPSA) is 87.7 Å². The lowest BCUT2D eigenvalue weighted by molar-refractivity contribution is -0.131. The minimum absolute atomic E-state index is 0.00293. The normalized spacial score (nSPS) is 15.0. The molecule has 8 heteroatoms. The van der Waals surface area contributed by atoms with Crippen LogP contribution in [-0.2, 0) is 20.7 Å². The van der Waals surface area contributed by atoms with Crippen LogP contribution in [-0.4, -0.2) is 54.6 Å². The number of benzene rings is 1. The summed E-state index contributed by atoms with van der Waals surface area (Å²) >= 11 is 3.41. The first-order valence-corrected chi connectivity index (χ1v) is 10.7. The van der Waals surface area contributed by atoms with Gasteiger partial charge in [-0.25, -0.2) is 4.79 Å². The maximum absolute atomic E-state index is 12.3. The average molecular weight is 468 g/mol. The van der Waals surface area contributed by atoms with E-state index in [1.54, 1.807) is 25.7 Å². The summed E-state index contributed by atoms with van der Waals surface area (Å²) in [6.45, 7) is 7.13. The van der Waals surface area contributed by atoms with Crippen molar-refractivity contribution in [3.63, 3.8) is 0 Å². The lowest BCUT2D eigenvalue weighted by Crippen LogP contribution is -2.46. The van der Waals surface area contributed by atoms with Gasteiger partial charge in [0.25, 0.3) is 0 Å². The van der Waals surface area contributed by atoms with Crippen LogP contribution >= 0.6 is 15.9 Å². The second kappa shape index (κ2) is 10.6. The maximum atomic E-state index is 12.3. The SMILES string of the molecule is CC(C)(C)OC(=O)NCC(=O)N1CCC(CNC(=O)Cc2cccc(Br)c2)CC1. The molecule has 0 radical (unpaired) electrons. The molecule has 29 heavy (non-hydrogen) atoms. The van der Waals surface area contributed by atoms with Crippen LogP contribution in [0.1, 0.15) is 39.2 Å². The zero-order chi connectivity index (χ0) is 21.4. The summed E-state index contributed by atoms with van der Waals surface area (Å²) in [6, 6.07) is 7.71. The molecule has 0 aromatic heterocycles. The van der Waals surface area contributed by atoms with E-state index in [0.717, 1.165) is 22.9 Å². The Bertz CT molecular complexity index is 725. The Morgan fingerprint density at radius 3 is 2.48 bits per heavy atom. The molecule has 1 aliphatic heterocycles. The van der Waals surface area contributed by atoms with Crippen LogP contribution in [0.2, 0.25) is 0 Å². The highest BCUT2D eigenvalue weighted by atomic mass is 79.9. The average Bonchev–Trinajstić information content (AvgIpc) is 2.63. The number of likely N-dealkylation sites (tertiary alicyclic amines) is 1. The molecule has 1 saturated heterocycles. The number of hydrogen-bond donors (Lipinski definition) is 2. The largest absolute Gasteiger partial charge is 0.444 e. The fourth-order valence-electron chi connectivity index (χ4n) is 3.11. The smallest absolute Gasteiger partial charge is 0.408 e. The fraction of sp³-hybridized carbons (Fsp3) is 0.571. The Balaban J connectivity index is 1.65. The third-order valence-electron chi connectivity index (χ3n) is 4.59. The van der Waals surface area contributed by atoms with Crippen molar-refractivity contribution in [2.45, 2.75) is 45.6 Å². The molecule has 7 nitrogen and oxygen atoms in total. The highest BCUT2D eigenvalue weighted by Gasteiger charge is 2.24. The highest BCUT2D eigenvalue weighted by Crippen LogP contribution is 2.17. The Morgan fingerprint density at radius 1 is 1.17 bits per heavy atom. The van der Waals surface area contributed by atoms with Gasteiger partial charge in [0.05, 0.1) is 6.42 Å². The number of carbonyl (C=O) groups is 3. The number of carbonyl (C=O) groups excluding carboxylic acids is 3. The second-order valence-electron chi connectivity index (χ2n) is 8.29. The quantitative estimate of drug-likeness (QED) is 0.672. The van der Waals surface area contributed by atoms with Crippen LogP contribution in [0, 0.1) is 5.92 Å². The number of piperidine rings is 1. The predicted molar refractivity (Wildman–Crippen MR) is 114 cm³/mol. The molecule has 1 aliphatic rings. The van der Waals surface area contributed by atoms with Gasteiger partial charge in [-0.15, -0.1) is 0 Å². The summed E-state index contributed by atoms with van der Waals surface area (Å²) in [7, 11) is 0. The van der Waals surface area contributed by atoms with E-state index >= 15 is 0 Å². The van der Waals surface area contributed by atoms with Gasteiger partial charge in [0, 0.05) is 24.1 Å². The zero-order valence-electron chi connectivity index (χ0n) is 17.3. The van der Waals surface area contributed by atoms with Gasteiger partial charge < -0.3 is 20.3 Å².